The highest BCUT2D eigenvalue weighted by Crippen LogP contribution is 2.37. The van der Waals surface area contributed by atoms with Gasteiger partial charge in [0.05, 0.1) is 24.5 Å². The summed E-state index contributed by atoms with van der Waals surface area (Å²) in [7, 11) is 1.69. The third-order valence-corrected chi connectivity index (χ3v) is 7.74. The summed E-state index contributed by atoms with van der Waals surface area (Å²) in [6.45, 7) is 9.02. The van der Waals surface area contributed by atoms with E-state index in [1.54, 1.807) is 7.11 Å². The summed E-state index contributed by atoms with van der Waals surface area (Å²) in [5.41, 5.74) is 16.1. The molecule has 0 bridgehead atoms. The van der Waals surface area contributed by atoms with Gasteiger partial charge in [-0.15, -0.1) is 0 Å². The molecular formula is C35H36N2O. The standard InChI is InChI=1S/C35H36N2O/c1-22(2)27-17-11-18-28(23(27)3)24(4)29-14-8-9-16-32(29)35(36)34-21-26(38-5)20-33(37-34)31-19-10-13-25-12-6-7-15-30(25)31/h6-22,24,35H,36H2,1-5H3. The molecule has 0 aliphatic rings. The van der Waals surface area contributed by atoms with Gasteiger partial charge in [-0.05, 0) is 51.4 Å². The summed E-state index contributed by atoms with van der Waals surface area (Å²) in [6.07, 6.45) is 0. The monoisotopic (exact) mass is 500 g/mol. The molecule has 4 aromatic carbocycles. The van der Waals surface area contributed by atoms with Gasteiger partial charge in [-0.2, -0.15) is 0 Å². The van der Waals surface area contributed by atoms with E-state index in [0.717, 1.165) is 33.7 Å². The lowest BCUT2D eigenvalue weighted by Gasteiger charge is -2.24. The van der Waals surface area contributed by atoms with E-state index in [9.17, 15) is 0 Å². The highest BCUT2D eigenvalue weighted by Gasteiger charge is 2.22. The minimum atomic E-state index is -0.397. The molecule has 0 saturated heterocycles. The predicted octanol–water partition coefficient (Wildman–Crippen LogP) is 8.54. The molecule has 0 spiro atoms. The highest BCUT2D eigenvalue weighted by molar-refractivity contribution is 5.95. The van der Waals surface area contributed by atoms with Crippen molar-refractivity contribution in [3.8, 4) is 17.0 Å². The maximum Gasteiger partial charge on any atom is 0.122 e. The lowest BCUT2D eigenvalue weighted by atomic mass is 9.82. The molecule has 5 aromatic rings. The van der Waals surface area contributed by atoms with Gasteiger partial charge in [-0.1, -0.05) is 106 Å². The summed E-state index contributed by atoms with van der Waals surface area (Å²) in [5.74, 6) is 1.42. The molecule has 0 fully saturated rings. The number of nitrogens with zero attached hydrogens (tertiary/aromatic N) is 1. The number of hydrogen-bond donors (Lipinski definition) is 1. The van der Waals surface area contributed by atoms with E-state index in [-0.39, 0.29) is 5.92 Å². The maximum absolute atomic E-state index is 7.01. The Morgan fingerprint density at radius 1 is 0.711 bits per heavy atom. The van der Waals surface area contributed by atoms with E-state index in [2.05, 4.69) is 113 Å². The molecule has 5 rings (SSSR count). The number of nitrogens with two attached hydrogens (primary N) is 1. The molecular weight excluding hydrogens is 464 g/mol. The van der Waals surface area contributed by atoms with E-state index in [4.69, 9.17) is 15.5 Å². The van der Waals surface area contributed by atoms with Crippen LogP contribution in [0.1, 0.15) is 72.2 Å². The van der Waals surface area contributed by atoms with Crippen LogP contribution in [0.15, 0.2) is 97.1 Å². The van der Waals surface area contributed by atoms with E-state index >= 15 is 0 Å². The molecule has 0 aliphatic heterocycles. The average molecular weight is 501 g/mol. The first-order chi connectivity index (χ1) is 18.4. The van der Waals surface area contributed by atoms with E-state index < -0.39 is 6.04 Å². The number of benzene rings is 4. The van der Waals surface area contributed by atoms with Crippen LogP contribution in [-0.2, 0) is 0 Å². The van der Waals surface area contributed by atoms with Crippen LogP contribution in [0.5, 0.6) is 5.75 Å². The molecule has 1 heterocycles. The lowest BCUT2D eigenvalue weighted by Crippen LogP contribution is -2.17. The number of ether oxygens (including phenoxy) is 1. The Morgan fingerprint density at radius 2 is 1.34 bits per heavy atom. The van der Waals surface area contributed by atoms with Crippen molar-refractivity contribution in [2.45, 2.75) is 45.6 Å². The zero-order chi connectivity index (χ0) is 26.8. The summed E-state index contributed by atoms with van der Waals surface area (Å²) in [5, 5.41) is 2.34. The molecule has 38 heavy (non-hydrogen) atoms. The Morgan fingerprint density at radius 3 is 2.11 bits per heavy atom. The van der Waals surface area contributed by atoms with Gasteiger partial charge >= 0.3 is 0 Å². The number of fused-ring (bicyclic) bond motifs is 1. The van der Waals surface area contributed by atoms with Crippen molar-refractivity contribution in [2.75, 3.05) is 7.11 Å². The van der Waals surface area contributed by atoms with E-state index in [1.165, 1.54) is 27.6 Å². The van der Waals surface area contributed by atoms with Crippen molar-refractivity contribution >= 4 is 10.8 Å². The summed E-state index contributed by atoms with van der Waals surface area (Å²) in [4.78, 5) is 5.10. The molecule has 0 saturated carbocycles. The Bertz CT molecular complexity index is 1580. The van der Waals surface area contributed by atoms with Gasteiger partial charge in [0, 0.05) is 23.6 Å². The smallest absolute Gasteiger partial charge is 0.122 e. The van der Waals surface area contributed by atoms with Crippen molar-refractivity contribution in [1.82, 2.24) is 4.98 Å². The summed E-state index contributed by atoms with van der Waals surface area (Å²) >= 11 is 0. The number of rotatable bonds is 7. The molecule has 2 atom stereocenters. The quantitative estimate of drug-likeness (QED) is 0.243. The van der Waals surface area contributed by atoms with Crippen molar-refractivity contribution in [1.29, 1.82) is 0 Å². The van der Waals surface area contributed by atoms with Crippen molar-refractivity contribution in [2.24, 2.45) is 5.73 Å². The fourth-order valence-corrected chi connectivity index (χ4v) is 5.67. The molecule has 3 nitrogen and oxygen atoms in total. The largest absolute Gasteiger partial charge is 0.497 e. The fourth-order valence-electron chi connectivity index (χ4n) is 5.67. The normalized spacial score (nSPS) is 13.0. The number of methoxy groups -OCH3 is 1. The number of hydrogen-bond acceptors (Lipinski definition) is 3. The Balaban J connectivity index is 1.60. The molecule has 2 unspecified atom stereocenters. The van der Waals surface area contributed by atoms with Crippen LogP contribution in [0.2, 0.25) is 0 Å². The van der Waals surface area contributed by atoms with Gasteiger partial charge in [-0.3, -0.25) is 4.98 Å². The molecule has 0 amide bonds. The SMILES string of the molecule is COc1cc(-c2cccc3ccccc23)nc(C(N)c2ccccc2C(C)c2cccc(C(C)C)c2C)c1. The first-order valence-corrected chi connectivity index (χ1v) is 13.4. The van der Waals surface area contributed by atoms with Gasteiger partial charge in [0.15, 0.2) is 0 Å². The van der Waals surface area contributed by atoms with Crippen LogP contribution in [0.3, 0.4) is 0 Å². The van der Waals surface area contributed by atoms with Crippen LogP contribution < -0.4 is 10.5 Å². The Labute approximate surface area is 226 Å². The van der Waals surface area contributed by atoms with Crippen LogP contribution in [0, 0.1) is 6.92 Å². The second kappa shape index (κ2) is 10.8. The van der Waals surface area contributed by atoms with Gasteiger partial charge < -0.3 is 10.5 Å². The van der Waals surface area contributed by atoms with Crippen LogP contribution >= 0.6 is 0 Å². The topological polar surface area (TPSA) is 48.1 Å². The van der Waals surface area contributed by atoms with E-state index in [1.807, 2.05) is 12.1 Å². The third-order valence-electron chi connectivity index (χ3n) is 7.74. The average Bonchev–Trinajstić information content (AvgIpc) is 2.95. The number of pyridine rings is 1. The van der Waals surface area contributed by atoms with Crippen molar-refractivity contribution in [3.05, 3.63) is 131 Å². The second-order valence-corrected chi connectivity index (χ2v) is 10.4. The summed E-state index contributed by atoms with van der Waals surface area (Å²) in [6, 6.07) is 33.4. The summed E-state index contributed by atoms with van der Waals surface area (Å²) < 4.78 is 5.72. The molecule has 3 heteroatoms. The molecule has 0 radical (unpaired) electrons. The Hall–Kier alpha value is -3.95. The molecule has 2 N–H and O–H groups in total. The predicted molar refractivity (Wildman–Crippen MR) is 159 cm³/mol. The zero-order valence-electron chi connectivity index (χ0n) is 22.9. The van der Waals surface area contributed by atoms with Gasteiger partial charge in [0.25, 0.3) is 0 Å². The van der Waals surface area contributed by atoms with Crippen LogP contribution in [0.4, 0.5) is 0 Å². The highest BCUT2D eigenvalue weighted by atomic mass is 16.5. The molecule has 1 aromatic heterocycles. The minimum absolute atomic E-state index is 0.194. The van der Waals surface area contributed by atoms with Gasteiger partial charge in [-0.25, -0.2) is 0 Å². The fraction of sp³-hybridized carbons (Fsp3) is 0.229. The number of aromatic nitrogens is 1. The minimum Gasteiger partial charge on any atom is -0.497 e. The zero-order valence-corrected chi connectivity index (χ0v) is 22.9. The lowest BCUT2D eigenvalue weighted by molar-refractivity contribution is 0.413. The van der Waals surface area contributed by atoms with Gasteiger partial charge in [0.1, 0.15) is 5.75 Å². The van der Waals surface area contributed by atoms with Gasteiger partial charge in [0.2, 0.25) is 0 Å². The van der Waals surface area contributed by atoms with Crippen molar-refractivity contribution in [3.63, 3.8) is 0 Å². The first kappa shape index (κ1) is 25.7. The van der Waals surface area contributed by atoms with Crippen LogP contribution in [0.25, 0.3) is 22.0 Å². The van der Waals surface area contributed by atoms with E-state index in [0.29, 0.717) is 5.92 Å². The molecule has 0 aliphatic carbocycles. The van der Waals surface area contributed by atoms with Crippen LogP contribution in [-0.4, -0.2) is 12.1 Å². The van der Waals surface area contributed by atoms with Crippen molar-refractivity contribution < 1.29 is 4.74 Å². The third kappa shape index (κ3) is 4.82. The Kier molecular flexibility index (Phi) is 7.31. The first-order valence-electron chi connectivity index (χ1n) is 13.4. The maximum atomic E-state index is 7.01. The molecule has 192 valence electrons. The second-order valence-electron chi connectivity index (χ2n) is 10.4.